The zero-order valence-corrected chi connectivity index (χ0v) is 15.7. The Balaban J connectivity index is 0.00000210. The summed E-state index contributed by atoms with van der Waals surface area (Å²) < 4.78 is 15.7. The molecular weight excluding hydrogens is 369 g/mol. The monoisotopic (exact) mass is 387 g/mol. The first-order chi connectivity index (χ1) is 12.3. The van der Waals surface area contributed by atoms with Gasteiger partial charge in [0.15, 0.2) is 17.0 Å². The van der Waals surface area contributed by atoms with Crippen LogP contribution in [-0.4, -0.2) is 30.2 Å². The Morgan fingerprint density at radius 2 is 2.00 bits per heavy atom. The Bertz CT molecular complexity index is 1070. The lowest BCUT2D eigenvalue weighted by molar-refractivity contribution is 0.143. The summed E-state index contributed by atoms with van der Waals surface area (Å²) in [6.07, 6.45) is 2.00. The number of nitrogens with two attached hydrogens (primary N) is 1. The summed E-state index contributed by atoms with van der Waals surface area (Å²) in [5.41, 5.74) is 6.64. The van der Waals surface area contributed by atoms with Crippen LogP contribution in [0.1, 0.15) is 38.6 Å². The third-order valence-electron chi connectivity index (χ3n) is 4.04. The molecule has 1 fully saturated rings. The van der Waals surface area contributed by atoms with Gasteiger partial charge in [0, 0.05) is 11.6 Å². The van der Waals surface area contributed by atoms with Crippen molar-refractivity contribution in [1.82, 2.24) is 19.5 Å². The lowest BCUT2D eigenvalue weighted by Crippen LogP contribution is -2.14. The molecule has 3 N–H and O–H groups in total. The summed E-state index contributed by atoms with van der Waals surface area (Å²) in [6, 6.07) is 6.55. The molecule has 1 aliphatic rings. The lowest BCUT2D eigenvalue weighted by Gasteiger charge is -2.07. The van der Waals surface area contributed by atoms with Crippen molar-refractivity contribution in [2.75, 3.05) is 5.73 Å². The van der Waals surface area contributed by atoms with Gasteiger partial charge in [-0.1, -0.05) is 18.1 Å². The van der Waals surface area contributed by atoms with Crippen molar-refractivity contribution < 1.29 is 9.50 Å². The summed E-state index contributed by atoms with van der Waals surface area (Å²) in [5.74, 6) is 6.18. The van der Waals surface area contributed by atoms with E-state index in [0.717, 1.165) is 12.8 Å². The second-order valence-corrected chi connectivity index (χ2v) is 6.96. The Morgan fingerprint density at radius 1 is 1.26 bits per heavy atom. The van der Waals surface area contributed by atoms with E-state index < -0.39 is 5.60 Å². The minimum Gasteiger partial charge on any atom is -0.382 e. The van der Waals surface area contributed by atoms with Crippen molar-refractivity contribution in [2.45, 2.75) is 38.3 Å². The standard InChI is InChI=1S/C19H18FN5O.ClH/c1-19(2,26)9-8-14-22-16(21)15-18(23-14)25(13-6-7-13)17(24-15)11-4-3-5-12(20)10-11;/h3-5,10,13,26H,6-7H2,1-2H3,(H2,21,22,23);1H. The number of fused-ring (bicyclic) bond motifs is 1. The van der Waals surface area contributed by atoms with Crippen LogP contribution in [0.25, 0.3) is 22.6 Å². The van der Waals surface area contributed by atoms with Gasteiger partial charge in [-0.3, -0.25) is 0 Å². The maximum atomic E-state index is 13.7. The number of nitrogens with zero attached hydrogens (tertiary/aromatic N) is 4. The molecule has 6 nitrogen and oxygen atoms in total. The molecule has 27 heavy (non-hydrogen) atoms. The molecule has 8 heteroatoms. The molecule has 4 rings (SSSR count). The summed E-state index contributed by atoms with van der Waals surface area (Å²) >= 11 is 0. The van der Waals surface area contributed by atoms with Gasteiger partial charge in [0.2, 0.25) is 5.82 Å². The summed E-state index contributed by atoms with van der Waals surface area (Å²) in [5, 5.41) is 9.78. The van der Waals surface area contributed by atoms with Crippen LogP contribution < -0.4 is 5.73 Å². The van der Waals surface area contributed by atoms with Crippen molar-refractivity contribution in [1.29, 1.82) is 0 Å². The fourth-order valence-corrected chi connectivity index (χ4v) is 2.77. The number of halogens is 2. The van der Waals surface area contributed by atoms with Crippen LogP contribution in [-0.2, 0) is 0 Å². The molecule has 1 aromatic carbocycles. The third-order valence-corrected chi connectivity index (χ3v) is 4.04. The highest BCUT2D eigenvalue weighted by atomic mass is 35.5. The van der Waals surface area contributed by atoms with Gasteiger partial charge in [0.05, 0.1) is 0 Å². The van der Waals surface area contributed by atoms with E-state index in [-0.39, 0.29) is 35.9 Å². The molecular formula is C19H19ClFN5O. The Labute approximate surface area is 162 Å². The minimum absolute atomic E-state index is 0. The minimum atomic E-state index is -1.16. The summed E-state index contributed by atoms with van der Waals surface area (Å²) in [6.45, 7) is 3.16. The highest BCUT2D eigenvalue weighted by Crippen LogP contribution is 2.41. The van der Waals surface area contributed by atoms with Crippen LogP contribution in [0.2, 0.25) is 0 Å². The van der Waals surface area contributed by atoms with E-state index in [4.69, 9.17) is 5.73 Å². The number of anilines is 1. The molecule has 0 saturated heterocycles. The predicted octanol–water partition coefficient (Wildman–Crippen LogP) is 3.09. The number of benzene rings is 1. The second kappa shape index (κ2) is 6.80. The first-order valence-corrected chi connectivity index (χ1v) is 8.39. The molecule has 0 unspecified atom stereocenters. The number of aliphatic hydroxyl groups is 1. The number of rotatable bonds is 2. The number of nitrogen functional groups attached to an aromatic ring is 1. The number of imidazole rings is 1. The maximum Gasteiger partial charge on any atom is 0.209 e. The SMILES string of the molecule is CC(C)(O)C#Cc1nc(N)c2nc(-c3cccc(F)c3)n(C3CC3)c2n1.Cl. The van der Waals surface area contributed by atoms with Crippen molar-refractivity contribution in [2.24, 2.45) is 0 Å². The van der Waals surface area contributed by atoms with E-state index in [9.17, 15) is 9.50 Å². The van der Waals surface area contributed by atoms with Crippen molar-refractivity contribution >= 4 is 29.4 Å². The molecule has 0 atom stereocenters. The molecule has 0 spiro atoms. The zero-order chi connectivity index (χ0) is 18.5. The molecule has 0 bridgehead atoms. The van der Waals surface area contributed by atoms with E-state index in [2.05, 4.69) is 26.8 Å². The maximum absolute atomic E-state index is 13.7. The van der Waals surface area contributed by atoms with Crippen LogP contribution in [0.4, 0.5) is 10.2 Å². The van der Waals surface area contributed by atoms with Crippen molar-refractivity contribution in [3.63, 3.8) is 0 Å². The number of aromatic nitrogens is 4. The van der Waals surface area contributed by atoms with E-state index in [0.29, 0.717) is 22.6 Å². The van der Waals surface area contributed by atoms with Crippen LogP contribution in [0, 0.1) is 17.7 Å². The van der Waals surface area contributed by atoms with Crippen LogP contribution in [0.3, 0.4) is 0 Å². The molecule has 0 radical (unpaired) electrons. The fraction of sp³-hybridized carbons (Fsp3) is 0.316. The van der Waals surface area contributed by atoms with Crippen LogP contribution in [0.15, 0.2) is 24.3 Å². The average Bonchev–Trinajstić information content (AvgIpc) is 3.32. The molecule has 0 aliphatic heterocycles. The van der Waals surface area contributed by atoms with Gasteiger partial charge in [0.25, 0.3) is 0 Å². The Hall–Kier alpha value is -2.69. The van der Waals surface area contributed by atoms with Crippen LogP contribution >= 0.6 is 12.4 Å². The van der Waals surface area contributed by atoms with Crippen molar-refractivity contribution in [3.8, 4) is 23.2 Å². The van der Waals surface area contributed by atoms with Crippen molar-refractivity contribution in [3.05, 3.63) is 35.9 Å². The number of hydrogen-bond donors (Lipinski definition) is 2. The molecule has 2 heterocycles. The lowest BCUT2D eigenvalue weighted by atomic mass is 10.1. The van der Waals surface area contributed by atoms with Gasteiger partial charge in [-0.15, -0.1) is 12.4 Å². The summed E-state index contributed by atoms with van der Waals surface area (Å²) in [7, 11) is 0. The molecule has 0 amide bonds. The molecule has 1 aliphatic carbocycles. The van der Waals surface area contributed by atoms with Gasteiger partial charge < -0.3 is 15.4 Å². The Morgan fingerprint density at radius 3 is 2.63 bits per heavy atom. The van der Waals surface area contributed by atoms with E-state index >= 15 is 0 Å². The molecule has 3 aromatic rings. The largest absolute Gasteiger partial charge is 0.382 e. The highest BCUT2D eigenvalue weighted by Gasteiger charge is 2.30. The quantitative estimate of drug-likeness (QED) is 0.659. The van der Waals surface area contributed by atoms with E-state index in [1.54, 1.807) is 19.9 Å². The normalized spacial score (nSPS) is 13.8. The first kappa shape index (κ1) is 19.1. The van der Waals surface area contributed by atoms with E-state index in [1.807, 2.05) is 10.6 Å². The highest BCUT2D eigenvalue weighted by molar-refractivity contribution is 5.86. The number of hydrogen-bond acceptors (Lipinski definition) is 5. The molecule has 2 aromatic heterocycles. The Kier molecular flexibility index (Phi) is 4.81. The van der Waals surface area contributed by atoms with Gasteiger partial charge >= 0.3 is 0 Å². The first-order valence-electron chi connectivity index (χ1n) is 8.39. The van der Waals surface area contributed by atoms with Crippen LogP contribution in [0.5, 0.6) is 0 Å². The predicted molar refractivity (Wildman–Crippen MR) is 104 cm³/mol. The zero-order valence-electron chi connectivity index (χ0n) is 14.9. The topological polar surface area (TPSA) is 89.9 Å². The van der Waals surface area contributed by atoms with Gasteiger partial charge in [-0.05, 0) is 44.7 Å². The smallest absolute Gasteiger partial charge is 0.209 e. The molecule has 1 saturated carbocycles. The van der Waals surface area contributed by atoms with Gasteiger partial charge in [-0.2, -0.15) is 0 Å². The van der Waals surface area contributed by atoms with E-state index in [1.165, 1.54) is 12.1 Å². The van der Waals surface area contributed by atoms with Gasteiger partial charge in [0.1, 0.15) is 17.2 Å². The second-order valence-electron chi connectivity index (χ2n) is 6.96. The summed E-state index contributed by atoms with van der Waals surface area (Å²) in [4.78, 5) is 13.3. The van der Waals surface area contributed by atoms with Gasteiger partial charge in [-0.25, -0.2) is 19.3 Å². The fourth-order valence-electron chi connectivity index (χ4n) is 2.77. The third kappa shape index (κ3) is 3.87. The average molecular weight is 388 g/mol. The molecule has 140 valence electrons.